The first kappa shape index (κ1) is 19.4. The first-order valence-electron chi connectivity index (χ1n) is 7.02. The van der Waals surface area contributed by atoms with Crippen molar-refractivity contribution < 1.29 is 9.53 Å². The Morgan fingerprint density at radius 2 is 2.05 bits per heavy atom. The number of nitrogens with two attached hydrogens (primary N) is 1. The minimum absolute atomic E-state index is 0. The van der Waals surface area contributed by atoms with E-state index in [2.05, 4.69) is 0 Å². The SMILES string of the molecule is COc1cc(Cl)c(Cl)cc1C(=O)N1CCCC(C(C)N)C1.Cl. The fourth-order valence-corrected chi connectivity index (χ4v) is 2.98. The number of methoxy groups -OCH3 is 1. The van der Waals surface area contributed by atoms with Crippen molar-refractivity contribution in [2.75, 3.05) is 20.2 Å². The van der Waals surface area contributed by atoms with Gasteiger partial charge in [-0.2, -0.15) is 0 Å². The Balaban J connectivity index is 0.00000242. The third kappa shape index (κ3) is 4.19. The van der Waals surface area contributed by atoms with Crippen molar-refractivity contribution in [1.29, 1.82) is 0 Å². The molecule has 2 rings (SSSR count). The molecular formula is C15H21Cl3N2O2. The number of hydrogen-bond acceptors (Lipinski definition) is 3. The van der Waals surface area contributed by atoms with Crippen LogP contribution in [0.25, 0.3) is 0 Å². The smallest absolute Gasteiger partial charge is 0.257 e. The zero-order valence-corrected chi connectivity index (χ0v) is 15.0. The Bertz CT molecular complexity index is 538. The number of benzene rings is 1. The Hall–Kier alpha value is -0.680. The predicted octanol–water partition coefficient (Wildman–Crippen LogP) is 3.62. The molecule has 4 nitrogen and oxygen atoms in total. The molecule has 1 saturated heterocycles. The van der Waals surface area contributed by atoms with Gasteiger partial charge in [0.2, 0.25) is 0 Å². The molecule has 1 aromatic carbocycles. The molecule has 2 N–H and O–H groups in total. The molecule has 0 radical (unpaired) electrons. The normalized spacial score (nSPS) is 19.3. The van der Waals surface area contributed by atoms with Gasteiger partial charge < -0.3 is 15.4 Å². The highest BCUT2D eigenvalue weighted by Gasteiger charge is 2.28. The fraction of sp³-hybridized carbons (Fsp3) is 0.533. The van der Waals surface area contributed by atoms with Gasteiger partial charge in [-0.3, -0.25) is 4.79 Å². The van der Waals surface area contributed by atoms with Gasteiger partial charge in [0, 0.05) is 25.2 Å². The summed E-state index contributed by atoms with van der Waals surface area (Å²) in [6.45, 7) is 3.38. The number of likely N-dealkylation sites (tertiary alicyclic amines) is 1. The largest absolute Gasteiger partial charge is 0.496 e. The third-order valence-electron chi connectivity index (χ3n) is 3.96. The number of ether oxygens (including phenoxy) is 1. The maximum atomic E-state index is 12.7. The van der Waals surface area contributed by atoms with Gasteiger partial charge >= 0.3 is 0 Å². The lowest BCUT2D eigenvalue weighted by Gasteiger charge is -2.35. The molecule has 1 fully saturated rings. The van der Waals surface area contributed by atoms with Gasteiger partial charge in [-0.25, -0.2) is 0 Å². The molecule has 1 aliphatic heterocycles. The van der Waals surface area contributed by atoms with Crippen LogP contribution in [0.3, 0.4) is 0 Å². The minimum Gasteiger partial charge on any atom is -0.496 e. The van der Waals surface area contributed by atoms with Crippen LogP contribution in [0.15, 0.2) is 12.1 Å². The second-order valence-electron chi connectivity index (χ2n) is 5.48. The van der Waals surface area contributed by atoms with E-state index in [4.69, 9.17) is 33.7 Å². The van der Waals surface area contributed by atoms with E-state index in [1.807, 2.05) is 11.8 Å². The molecule has 0 aromatic heterocycles. The number of hydrogen-bond donors (Lipinski definition) is 1. The molecule has 1 aliphatic rings. The number of amides is 1. The summed E-state index contributed by atoms with van der Waals surface area (Å²) in [6, 6.07) is 3.22. The molecule has 0 spiro atoms. The fourth-order valence-electron chi connectivity index (χ4n) is 2.66. The van der Waals surface area contributed by atoms with Gasteiger partial charge in [-0.05, 0) is 31.7 Å². The van der Waals surface area contributed by atoms with Crippen LogP contribution in [0.4, 0.5) is 0 Å². The van der Waals surface area contributed by atoms with Crippen LogP contribution in [0.1, 0.15) is 30.1 Å². The Morgan fingerprint density at radius 1 is 1.41 bits per heavy atom. The van der Waals surface area contributed by atoms with Gasteiger partial charge in [-0.15, -0.1) is 12.4 Å². The second kappa shape index (κ2) is 8.25. The number of rotatable bonds is 3. The van der Waals surface area contributed by atoms with Crippen molar-refractivity contribution >= 4 is 41.5 Å². The molecule has 124 valence electrons. The average Bonchev–Trinajstić information content (AvgIpc) is 2.48. The summed E-state index contributed by atoms with van der Waals surface area (Å²) in [4.78, 5) is 14.5. The Labute approximate surface area is 147 Å². The van der Waals surface area contributed by atoms with Gasteiger partial charge in [0.25, 0.3) is 5.91 Å². The van der Waals surface area contributed by atoms with E-state index in [0.717, 1.165) is 19.4 Å². The minimum atomic E-state index is -0.0873. The van der Waals surface area contributed by atoms with Crippen molar-refractivity contribution in [3.05, 3.63) is 27.7 Å². The molecule has 7 heteroatoms. The molecule has 0 aliphatic carbocycles. The van der Waals surface area contributed by atoms with Crippen LogP contribution < -0.4 is 10.5 Å². The molecule has 1 amide bonds. The van der Waals surface area contributed by atoms with Crippen LogP contribution in [0, 0.1) is 5.92 Å². The zero-order valence-electron chi connectivity index (χ0n) is 12.6. The van der Waals surface area contributed by atoms with E-state index in [0.29, 0.717) is 33.8 Å². The number of carbonyl (C=O) groups excluding carboxylic acids is 1. The van der Waals surface area contributed by atoms with Gasteiger partial charge in [0.1, 0.15) is 5.75 Å². The third-order valence-corrected chi connectivity index (χ3v) is 4.68. The summed E-state index contributed by atoms with van der Waals surface area (Å²) in [6.07, 6.45) is 2.02. The summed E-state index contributed by atoms with van der Waals surface area (Å²) in [5, 5.41) is 0.721. The van der Waals surface area contributed by atoms with Crippen LogP contribution in [-0.4, -0.2) is 37.0 Å². The van der Waals surface area contributed by atoms with Gasteiger partial charge in [-0.1, -0.05) is 23.2 Å². The number of carbonyl (C=O) groups is 1. The van der Waals surface area contributed by atoms with E-state index in [1.165, 1.54) is 7.11 Å². The lowest BCUT2D eigenvalue weighted by Crippen LogP contribution is -2.45. The summed E-state index contributed by atoms with van der Waals surface area (Å²) in [5.41, 5.74) is 6.41. The highest BCUT2D eigenvalue weighted by molar-refractivity contribution is 6.42. The van der Waals surface area contributed by atoms with Gasteiger partial charge in [0.15, 0.2) is 0 Å². The highest BCUT2D eigenvalue weighted by Crippen LogP contribution is 2.32. The first-order valence-corrected chi connectivity index (χ1v) is 7.77. The lowest BCUT2D eigenvalue weighted by atomic mass is 9.92. The van der Waals surface area contributed by atoms with Crippen LogP contribution in [0.2, 0.25) is 10.0 Å². The van der Waals surface area contributed by atoms with Crippen molar-refractivity contribution in [2.24, 2.45) is 11.7 Å². The van der Waals surface area contributed by atoms with Crippen LogP contribution in [-0.2, 0) is 0 Å². The number of nitrogens with zero attached hydrogens (tertiary/aromatic N) is 1. The Kier molecular flexibility index (Phi) is 7.26. The quantitative estimate of drug-likeness (QED) is 0.887. The number of halogens is 3. The molecule has 2 unspecified atom stereocenters. The molecule has 0 bridgehead atoms. The van der Waals surface area contributed by atoms with E-state index in [-0.39, 0.29) is 24.4 Å². The molecular weight excluding hydrogens is 347 g/mol. The molecule has 1 aromatic rings. The zero-order chi connectivity index (χ0) is 15.6. The molecule has 2 atom stereocenters. The molecule has 22 heavy (non-hydrogen) atoms. The average molecular weight is 368 g/mol. The maximum absolute atomic E-state index is 12.7. The Morgan fingerprint density at radius 3 is 2.64 bits per heavy atom. The van der Waals surface area contributed by atoms with Crippen molar-refractivity contribution in [1.82, 2.24) is 4.90 Å². The summed E-state index contributed by atoms with van der Waals surface area (Å²) < 4.78 is 5.25. The van der Waals surface area contributed by atoms with E-state index in [1.54, 1.807) is 12.1 Å². The predicted molar refractivity (Wildman–Crippen MR) is 92.5 cm³/mol. The molecule has 0 saturated carbocycles. The van der Waals surface area contributed by atoms with E-state index in [9.17, 15) is 4.79 Å². The second-order valence-corrected chi connectivity index (χ2v) is 6.29. The summed E-state index contributed by atoms with van der Waals surface area (Å²) in [7, 11) is 1.51. The first-order chi connectivity index (χ1) is 9.93. The topological polar surface area (TPSA) is 55.6 Å². The van der Waals surface area contributed by atoms with Crippen LogP contribution in [0.5, 0.6) is 5.75 Å². The maximum Gasteiger partial charge on any atom is 0.257 e. The van der Waals surface area contributed by atoms with E-state index < -0.39 is 0 Å². The van der Waals surface area contributed by atoms with Crippen molar-refractivity contribution in [3.63, 3.8) is 0 Å². The number of piperidine rings is 1. The van der Waals surface area contributed by atoms with Crippen molar-refractivity contribution in [2.45, 2.75) is 25.8 Å². The van der Waals surface area contributed by atoms with Crippen LogP contribution >= 0.6 is 35.6 Å². The summed E-state index contributed by atoms with van der Waals surface area (Å²) >= 11 is 12.0. The lowest BCUT2D eigenvalue weighted by molar-refractivity contribution is 0.0657. The highest BCUT2D eigenvalue weighted by atomic mass is 35.5. The monoisotopic (exact) mass is 366 g/mol. The summed E-state index contributed by atoms with van der Waals surface area (Å²) in [5.74, 6) is 0.685. The van der Waals surface area contributed by atoms with Gasteiger partial charge in [0.05, 0.1) is 22.7 Å². The van der Waals surface area contributed by atoms with E-state index >= 15 is 0 Å². The van der Waals surface area contributed by atoms with Crippen molar-refractivity contribution in [3.8, 4) is 5.75 Å². The molecule has 1 heterocycles. The standard InChI is InChI=1S/C15H20Cl2N2O2.ClH/c1-9(18)10-4-3-5-19(8-10)15(20)11-6-12(16)13(17)7-14(11)21-2;/h6-7,9-10H,3-5,8,18H2,1-2H3;1H.